The maximum atomic E-state index is 11.1. The molecular formula is C10H13ClO3S. The van der Waals surface area contributed by atoms with Gasteiger partial charge < -0.3 is 5.11 Å². The molecule has 0 aliphatic rings. The molecule has 0 aromatic heterocycles. The standard InChI is InChI=1S/C10H13ClO3S/c1-7-3-5-8(6-4-7)9(12)10(11)15(2,13)14/h3-6,9-10,12H,1-2H3/t9-,10+/m1/s1. The number of aliphatic hydroxyl groups excluding tert-OH is 1. The topological polar surface area (TPSA) is 54.4 Å². The number of hydrogen-bond donors (Lipinski definition) is 1. The van der Waals surface area contributed by atoms with Crippen molar-refractivity contribution in [3.8, 4) is 0 Å². The first-order chi connectivity index (χ1) is 6.82. The summed E-state index contributed by atoms with van der Waals surface area (Å²) in [6, 6.07) is 6.93. The van der Waals surface area contributed by atoms with Gasteiger partial charge in [-0.05, 0) is 12.5 Å². The van der Waals surface area contributed by atoms with Crippen molar-refractivity contribution in [1.82, 2.24) is 0 Å². The third-order valence-electron chi connectivity index (χ3n) is 2.08. The van der Waals surface area contributed by atoms with Crippen LogP contribution >= 0.6 is 11.6 Å². The molecule has 0 radical (unpaired) electrons. The van der Waals surface area contributed by atoms with Gasteiger partial charge in [-0.3, -0.25) is 0 Å². The third kappa shape index (κ3) is 3.19. The predicted octanol–water partition coefficient (Wildman–Crippen LogP) is 1.64. The highest BCUT2D eigenvalue weighted by atomic mass is 35.5. The second-order valence-electron chi connectivity index (χ2n) is 3.54. The summed E-state index contributed by atoms with van der Waals surface area (Å²) in [6.45, 7) is 1.91. The molecule has 0 bridgehead atoms. The third-order valence-corrected chi connectivity index (χ3v) is 4.36. The van der Waals surface area contributed by atoms with E-state index in [2.05, 4.69) is 0 Å². The maximum absolute atomic E-state index is 11.1. The van der Waals surface area contributed by atoms with E-state index in [9.17, 15) is 13.5 Å². The van der Waals surface area contributed by atoms with Crippen molar-refractivity contribution in [2.75, 3.05) is 6.26 Å². The van der Waals surface area contributed by atoms with Crippen LogP contribution in [0.1, 0.15) is 17.2 Å². The van der Waals surface area contributed by atoms with E-state index in [-0.39, 0.29) is 0 Å². The molecule has 0 saturated carbocycles. The molecule has 0 amide bonds. The molecule has 0 heterocycles. The fourth-order valence-electron chi connectivity index (χ4n) is 1.15. The average molecular weight is 249 g/mol. The molecule has 0 saturated heterocycles. The van der Waals surface area contributed by atoms with Crippen molar-refractivity contribution in [2.45, 2.75) is 17.7 Å². The summed E-state index contributed by atoms with van der Waals surface area (Å²) in [4.78, 5) is 0. The van der Waals surface area contributed by atoms with Gasteiger partial charge in [0.25, 0.3) is 0 Å². The fraction of sp³-hybridized carbons (Fsp3) is 0.400. The first-order valence-electron chi connectivity index (χ1n) is 4.40. The molecule has 1 aromatic carbocycles. The molecule has 3 nitrogen and oxygen atoms in total. The lowest BCUT2D eigenvalue weighted by atomic mass is 10.1. The largest absolute Gasteiger partial charge is 0.386 e. The Balaban J connectivity index is 2.95. The Morgan fingerprint density at radius 1 is 1.27 bits per heavy atom. The molecule has 0 unspecified atom stereocenters. The molecule has 15 heavy (non-hydrogen) atoms. The Labute approximate surface area is 94.6 Å². The van der Waals surface area contributed by atoms with Crippen LogP contribution in [0.4, 0.5) is 0 Å². The van der Waals surface area contributed by atoms with Gasteiger partial charge in [-0.2, -0.15) is 0 Å². The maximum Gasteiger partial charge on any atom is 0.167 e. The van der Waals surface area contributed by atoms with Gasteiger partial charge >= 0.3 is 0 Å². The number of sulfone groups is 1. The second-order valence-corrected chi connectivity index (χ2v) is 6.43. The summed E-state index contributed by atoms with van der Waals surface area (Å²) in [6.07, 6.45) is -0.190. The van der Waals surface area contributed by atoms with Crippen LogP contribution < -0.4 is 0 Å². The van der Waals surface area contributed by atoms with E-state index in [0.717, 1.165) is 11.8 Å². The molecule has 0 aliphatic carbocycles. The SMILES string of the molecule is Cc1ccc([C@@H](O)[C@@H](Cl)S(C)(=O)=O)cc1. The van der Waals surface area contributed by atoms with E-state index in [1.54, 1.807) is 24.3 Å². The van der Waals surface area contributed by atoms with Crippen molar-refractivity contribution in [3.63, 3.8) is 0 Å². The number of hydrogen-bond acceptors (Lipinski definition) is 3. The Morgan fingerprint density at radius 3 is 2.13 bits per heavy atom. The van der Waals surface area contributed by atoms with E-state index in [1.807, 2.05) is 6.92 Å². The normalized spacial score (nSPS) is 16.0. The summed E-state index contributed by atoms with van der Waals surface area (Å²) >= 11 is 5.64. The Hall–Kier alpha value is -0.580. The monoisotopic (exact) mass is 248 g/mol. The Morgan fingerprint density at radius 2 is 1.73 bits per heavy atom. The zero-order valence-corrected chi connectivity index (χ0v) is 10.1. The van der Waals surface area contributed by atoms with Crippen molar-refractivity contribution in [3.05, 3.63) is 35.4 Å². The molecule has 1 N–H and O–H groups in total. The molecule has 5 heteroatoms. The summed E-state index contributed by atoms with van der Waals surface area (Å²) in [5, 5.41) is 9.70. The highest BCUT2D eigenvalue weighted by molar-refractivity contribution is 7.92. The molecule has 0 fully saturated rings. The van der Waals surface area contributed by atoms with Gasteiger partial charge in [0.1, 0.15) is 6.10 Å². The van der Waals surface area contributed by atoms with Crippen molar-refractivity contribution < 1.29 is 13.5 Å². The number of benzene rings is 1. The van der Waals surface area contributed by atoms with E-state index in [4.69, 9.17) is 11.6 Å². The van der Waals surface area contributed by atoms with E-state index >= 15 is 0 Å². The van der Waals surface area contributed by atoms with E-state index < -0.39 is 20.7 Å². The molecule has 1 rings (SSSR count). The van der Waals surface area contributed by atoms with Gasteiger partial charge in [-0.25, -0.2) is 8.42 Å². The highest BCUT2D eigenvalue weighted by Gasteiger charge is 2.27. The number of rotatable bonds is 3. The lowest BCUT2D eigenvalue weighted by molar-refractivity contribution is 0.192. The summed E-state index contributed by atoms with van der Waals surface area (Å²) in [5.74, 6) is 0. The number of alkyl halides is 1. The van der Waals surface area contributed by atoms with Crippen LogP contribution in [0.5, 0.6) is 0 Å². The number of halogens is 1. The lowest BCUT2D eigenvalue weighted by Gasteiger charge is -2.15. The van der Waals surface area contributed by atoms with Crippen LogP contribution in [-0.4, -0.2) is 24.5 Å². The van der Waals surface area contributed by atoms with Gasteiger partial charge in [0.2, 0.25) is 0 Å². The molecule has 84 valence electrons. The van der Waals surface area contributed by atoms with Crippen molar-refractivity contribution in [2.24, 2.45) is 0 Å². The van der Waals surface area contributed by atoms with Crippen LogP contribution in [0.2, 0.25) is 0 Å². The summed E-state index contributed by atoms with van der Waals surface area (Å²) in [5.41, 5.74) is 1.54. The van der Waals surface area contributed by atoms with Crippen LogP contribution in [-0.2, 0) is 9.84 Å². The fourth-order valence-corrected chi connectivity index (χ4v) is 1.92. The van der Waals surface area contributed by atoms with E-state index in [1.165, 1.54) is 0 Å². The Kier molecular flexibility index (Phi) is 3.76. The van der Waals surface area contributed by atoms with Gasteiger partial charge in [0, 0.05) is 6.26 Å². The smallest absolute Gasteiger partial charge is 0.167 e. The minimum absolute atomic E-state index is 0.506. The molecule has 1 aromatic rings. The molecule has 2 atom stereocenters. The number of aliphatic hydroxyl groups is 1. The quantitative estimate of drug-likeness (QED) is 0.828. The minimum atomic E-state index is -3.44. The Bertz CT molecular complexity index is 424. The lowest BCUT2D eigenvalue weighted by Crippen LogP contribution is -2.21. The van der Waals surface area contributed by atoms with Crippen LogP contribution in [0.25, 0.3) is 0 Å². The van der Waals surface area contributed by atoms with Gasteiger partial charge in [-0.15, -0.1) is 11.6 Å². The van der Waals surface area contributed by atoms with Gasteiger partial charge in [-0.1, -0.05) is 29.8 Å². The highest BCUT2D eigenvalue weighted by Crippen LogP contribution is 2.24. The van der Waals surface area contributed by atoms with Crippen LogP contribution in [0.3, 0.4) is 0 Å². The van der Waals surface area contributed by atoms with Crippen LogP contribution in [0, 0.1) is 6.92 Å². The molecular weight excluding hydrogens is 236 g/mol. The zero-order chi connectivity index (χ0) is 11.6. The summed E-state index contributed by atoms with van der Waals surface area (Å²) < 4.78 is 20.9. The van der Waals surface area contributed by atoms with Gasteiger partial charge in [0.05, 0.1) is 0 Å². The average Bonchev–Trinajstić information content (AvgIpc) is 2.15. The second kappa shape index (κ2) is 4.51. The van der Waals surface area contributed by atoms with Crippen LogP contribution in [0.15, 0.2) is 24.3 Å². The first-order valence-corrected chi connectivity index (χ1v) is 6.79. The predicted molar refractivity (Wildman–Crippen MR) is 60.6 cm³/mol. The molecule has 0 spiro atoms. The zero-order valence-electron chi connectivity index (χ0n) is 8.51. The van der Waals surface area contributed by atoms with Gasteiger partial charge in [0.15, 0.2) is 14.5 Å². The number of aryl methyl sites for hydroxylation is 1. The first kappa shape index (κ1) is 12.5. The van der Waals surface area contributed by atoms with E-state index in [0.29, 0.717) is 5.56 Å². The van der Waals surface area contributed by atoms with Crippen molar-refractivity contribution in [1.29, 1.82) is 0 Å². The van der Waals surface area contributed by atoms with Crippen molar-refractivity contribution >= 4 is 21.4 Å². The molecule has 0 aliphatic heterocycles. The minimum Gasteiger partial charge on any atom is -0.386 e. The summed E-state index contributed by atoms with van der Waals surface area (Å²) in [7, 11) is -3.44.